The van der Waals surface area contributed by atoms with Crippen LogP contribution >= 0.6 is 35.0 Å². The molecule has 1 saturated carbocycles. The average molecular weight is 650 g/mol. The first-order valence-electron chi connectivity index (χ1n) is 15.5. The maximum Gasteiger partial charge on any atom is 0.260 e. The number of hydrogen-bond donors (Lipinski definition) is 1. The van der Waals surface area contributed by atoms with Crippen molar-refractivity contribution in [3.05, 3.63) is 104 Å². The highest BCUT2D eigenvalue weighted by molar-refractivity contribution is 8.04. The van der Waals surface area contributed by atoms with Gasteiger partial charge in [-0.15, -0.1) is 11.8 Å². The van der Waals surface area contributed by atoms with Crippen LogP contribution in [0.2, 0.25) is 10.0 Å². The molecular weight excluding hydrogens is 611 g/mol. The fourth-order valence-electron chi connectivity index (χ4n) is 6.41. The molecule has 3 aliphatic rings. The van der Waals surface area contributed by atoms with Crippen LogP contribution in [0.4, 0.5) is 5.69 Å². The molecule has 2 unspecified atom stereocenters. The Kier molecular flexibility index (Phi) is 10.2. The number of nitrogens with one attached hydrogen (secondary N) is 1. The number of fused-ring (bicyclic) bond motifs is 1. The lowest BCUT2D eigenvalue weighted by atomic mass is 9.92. The quantitative estimate of drug-likeness (QED) is 0.267. The average Bonchev–Trinajstić information content (AvgIpc) is 3.04. The Morgan fingerprint density at radius 1 is 0.909 bits per heavy atom. The number of piperazine rings is 1. The van der Waals surface area contributed by atoms with Crippen LogP contribution in [0.3, 0.4) is 0 Å². The molecule has 3 aromatic rings. The van der Waals surface area contributed by atoms with Crippen molar-refractivity contribution >= 4 is 58.5 Å². The van der Waals surface area contributed by atoms with Crippen molar-refractivity contribution < 1.29 is 9.59 Å². The van der Waals surface area contributed by atoms with E-state index in [1.165, 1.54) is 6.42 Å². The molecule has 1 aliphatic carbocycles. The molecular formula is C35H38Cl2N4O2S. The molecule has 6 nitrogen and oxygen atoms in total. The van der Waals surface area contributed by atoms with Crippen LogP contribution in [-0.4, -0.2) is 72.2 Å². The van der Waals surface area contributed by atoms with Crippen molar-refractivity contribution in [2.24, 2.45) is 0 Å². The van der Waals surface area contributed by atoms with E-state index in [9.17, 15) is 9.59 Å². The summed E-state index contributed by atoms with van der Waals surface area (Å²) >= 11 is 14.1. The molecule has 44 heavy (non-hydrogen) atoms. The van der Waals surface area contributed by atoms with E-state index in [0.29, 0.717) is 28.9 Å². The molecule has 2 aliphatic heterocycles. The number of carbonyl (C=O) groups is 2. The first-order chi connectivity index (χ1) is 21.4. The molecule has 2 heterocycles. The van der Waals surface area contributed by atoms with Crippen molar-refractivity contribution in [2.75, 3.05) is 44.2 Å². The molecule has 3 aromatic carbocycles. The van der Waals surface area contributed by atoms with E-state index >= 15 is 0 Å². The predicted octanol–water partition coefficient (Wildman–Crippen LogP) is 6.97. The maximum atomic E-state index is 13.7. The van der Waals surface area contributed by atoms with E-state index in [1.807, 2.05) is 72.8 Å². The Balaban J connectivity index is 1.02. The fraction of sp³-hybridized carbons (Fsp3) is 0.371. The molecule has 230 valence electrons. The molecule has 6 rings (SSSR count). The van der Waals surface area contributed by atoms with Crippen molar-refractivity contribution in [1.82, 2.24) is 15.1 Å². The maximum absolute atomic E-state index is 13.7. The van der Waals surface area contributed by atoms with Gasteiger partial charge in [0.1, 0.15) is 0 Å². The number of halogens is 2. The summed E-state index contributed by atoms with van der Waals surface area (Å²) in [5.74, 6) is -0.00373. The van der Waals surface area contributed by atoms with Crippen LogP contribution in [0, 0.1) is 0 Å². The third-order valence-electron chi connectivity index (χ3n) is 8.79. The number of hydrogen-bond acceptors (Lipinski definition) is 5. The monoisotopic (exact) mass is 648 g/mol. The first-order valence-corrected chi connectivity index (χ1v) is 17.1. The summed E-state index contributed by atoms with van der Waals surface area (Å²) in [6, 6.07) is 23.6. The van der Waals surface area contributed by atoms with Gasteiger partial charge in [0, 0.05) is 78.4 Å². The van der Waals surface area contributed by atoms with Gasteiger partial charge in [0.15, 0.2) is 0 Å². The molecule has 0 bridgehead atoms. The zero-order valence-electron chi connectivity index (χ0n) is 24.8. The van der Waals surface area contributed by atoms with Crippen LogP contribution in [-0.2, 0) is 11.3 Å². The number of rotatable bonds is 8. The number of amides is 2. The van der Waals surface area contributed by atoms with Crippen molar-refractivity contribution in [3.8, 4) is 0 Å². The number of thioether (sulfide) groups is 1. The van der Waals surface area contributed by atoms with Crippen LogP contribution in [0.5, 0.6) is 0 Å². The lowest BCUT2D eigenvalue weighted by Crippen LogP contribution is -2.50. The van der Waals surface area contributed by atoms with E-state index in [2.05, 4.69) is 26.1 Å². The summed E-state index contributed by atoms with van der Waals surface area (Å²) < 4.78 is 0. The topological polar surface area (TPSA) is 55.9 Å². The molecule has 9 heteroatoms. The Morgan fingerprint density at radius 2 is 1.64 bits per heavy atom. The summed E-state index contributed by atoms with van der Waals surface area (Å²) in [7, 11) is 0. The van der Waals surface area contributed by atoms with Crippen LogP contribution in [0.25, 0.3) is 6.08 Å². The van der Waals surface area contributed by atoms with Crippen LogP contribution in [0.1, 0.15) is 47.2 Å². The standard InChI is InChI=1S/C35H38Cl2N4O2S/c36-28-6-3-5-26(21-28)24-41-31-9-1-2-10-32(31)44-33(35(41)43)22-25-11-13-27(14-12-25)34(42)38-15-16-39-17-19-40(20-18-39)30-8-4-7-29(37)23-30/h3-8,11-14,21-23,31-32H,1-2,9-10,15-20,24H2,(H,38,42)/b33-22+. The van der Waals surface area contributed by atoms with E-state index in [-0.39, 0.29) is 17.9 Å². The van der Waals surface area contributed by atoms with Gasteiger partial charge in [0.25, 0.3) is 11.8 Å². The Hall–Kier alpha value is -2.97. The number of benzene rings is 3. The second-order valence-electron chi connectivity index (χ2n) is 11.8. The van der Waals surface area contributed by atoms with E-state index in [1.54, 1.807) is 11.8 Å². The Bertz CT molecular complexity index is 1510. The second-order valence-corrected chi connectivity index (χ2v) is 13.9. The highest BCUT2D eigenvalue weighted by atomic mass is 35.5. The summed E-state index contributed by atoms with van der Waals surface area (Å²) in [4.78, 5) is 34.1. The fourth-order valence-corrected chi connectivity index (χ4v) is 8.28. The van der Waals surface area contributed by atoms with Gasteiger partial charge in [-0.25, -0.2) is 0 Å². The van der Waals surface area contributed by atoms with Gasteiger partial charge in [-0.3, -0.25) is 14.5 Å². The van der Waals surface area contributed by atoms with Crippen molar-refractivity contribution in [3.63, 3.8) is 0 Å². The summed E-state index contributed by atoms with van der Waals surface area (Å²) in [6.07, 6.45) is 6.49. The predicted molar refractivity (Wildman–Crippen MR) is 182 cm³/mol. The molecule has 0 aromatic heterocycles. The van der Waals surface area contributed by atoms with Gasteiger partial charge in [-0.1, -0.05) is 66.4 Å². The van der Waals surface area contributed by atoms with Crippen molar-refractivity contribution in [1.29, 1.82) is 0 Å². The van der Waals surface area contributed by atoms with E-state index in [4.69, 9.17) is 23.2 Å². The molecule has 2 saturated heterocycles. The third-order valence-corrected chi connectivity index (χ3v) is 10.7. The normalized spacial score (nSPS) is 21.8. The molecule has 2 amide bonds. The van der Waals surface area contributed by atoms with Gasteiger partial charge >= 0.3 is 0 Å². The largest absolute Gasteiger partial charge is 0.369 e. The van der Waals surface area contributed by atoms with E-state index in [0.717, 1.165) is 78.7 Å². The number of nitrogens with zero attached hydrogens (tertiary/aromatic N) is 3. The van der Waals surface area contributed by atoms with Crippen molar-refractivity contribution in [2.45, 2.75) is 43.5 Å². The number of carbonyl (C=O) groups excluding carboxylic acids is 2. The zero-order chi connectivity index (χ0) is 30.5. The minimum absolute atomic E-state index is 0.0772. The molecule has 3 fully saturated rings. The summed E-state index contributed by atoms with van der Waals surface area (Å²) in [5.41, 5.74) is 3.75. The molecule has 0 radical (unpaired) electrons. The SMILES string of the molecule is O=C(NCCN1CCN(c2cccc(Cl)c2)CC1)c1ccc(/C=C2/SC3CCCCC3N(Cc3cccc(Cl)c3)C2=O)cc1. The smallest absolute Gasteiger partial charge is 0.260 e. The second kappa shape index (κ2) is 14.4. The van der Waals surface area contributed by atoms with Gasteiger partial charge < -0.3 is 15.1 Å². The third kappa shape index (κ3) is 7.63. The Morgan fingerprint density at radius 3 is 2.39 bits per heavy atom. The molecule has 2 atom stereocenters. The van der Waals surface area contributed by atoms with Gasteiger partial charge in [-0.05, 0) is 72.5 Å². The van der Waals surface area contributed by atoms with E-state index < -0.39 is 0 Å². The van der Waals surface area contributed by atoms with Crippen LogP contribution < -0.4 is 10.2 Å². The van der Waals surface area contributed by atoms with Gasteiger partial charge in [-0.2, -0.15) is 0 Å². The first kappa shape index (κ1) is 31.0. The summed E-state index contributed by atoms with van der Waals surface area (Å²) in [5, 5.41) is 4.91. The highest BCUT2D eigenvalue weighted by Gasteiger charge is 2.40. The van der Waals surface area contributed by atoms with Gasteiger partial charge in [0.05, 0.1) is 4.91 Å². The minimum atomic E-state index is -0.0809. The highest BCUT2D eigenvalue weighted by Crippen LogP contribution is 2.42. The minimum Gasteiger partial charge on any atom is -0.369 e. The summed E-state index contributed by atoms with van der Waals surface area (Å²) in [6.45, 7) is 5.73. The molecule has 0 spiro atoms. The van der Waals surface area contributed by atoms with Gasteiger partial charge in [0.2, 0.25) is 0 Å². The number of anilines is 1. The lowest BCUT2D eigenvalue weighted by Gasteiger charge is -2.44. The lowest BCUT2D eigenvalue weighted by molar-refractivity contribution is -0.130. The van der Waals surface area contributed by atoms with Crippen LogP contribution in [0.15, 0.2) is 77.7 Å². The Labute approximate surface area is 274 Å². The molecule has 1 N–H and O–H groups in total. The zero-order valence-corrected chi connectivity index (χ0v) is 27.1.